The Morgan fingerprint density at radius 3 is 2.79 bits per heavy atom. The molecule has 1 saturated heterocycles. The molecule has 1 amide bonds. The minimum absolute atomic E-state index is 0.0816. The molecule has 0 spiro atoms. The highest BCUT2D eigenvalue weighted by Crippen LogP contribution is 2.31. The maximum atomic E-state index is 12.8. The van der Waals surface area contributed by atoms with Gasteiger partial charge >= 0.3 is 0 Å². The lowest BCUT2D eigenvalue weighted by Gasteiger charge is -2.29. The molecule has 2 atom stereocenters. The van der Waals surface area contributed by atoms with E-state index in [0.717, 1.165) is 19.4 Å². The second-order valence-corrected chi connectivity index (χ2v) is 6.67. The summed E-state index contributed by atoms with van der Waals surface area (Å²) in [5.41, 5.74) is 2.38. The van der Waals surface area contributed by atoms with Crippen molar-refractivity contribution in [2.45, 2.75) is 31.8 Å². The molecule has 3 rings (SSSR count). The number of likely N-dealkylation sites (N-methyl/N-ethyl adjacent to an activating group) is 1. The third-order valence-corrected chi connectivity index (χ3v) is 5.07. The number of amides is 1. The number of hydrogen-bond donors (Lipinski definition) is 0. The molecule has 2 heterocycles. The van der Waals surface area contributed by atoms with Crippen molar-refractivity contribution >= 4 is 5.91 Å². The van der Waals surface area contributed by atoms with E-state index in [9.17, 15) is 4.79 Å². The molecule has 1 aromatic heterocycles. The number of aromatic nitrogens is 2. The van der Waals surface area contributed by atoms with Crippen LogP contribution < -0.4 is 0 Å². The van der Waals surface area contributed by atoms with E-state index >= 15 is 0 Å². The number of hydrogen-bond acceptors (Lipinski definition) is 3. The summed E-state index contributed by atoms with van der Waals surface area (Å²) in [4.78, 5) is 16.9. The van der Waals surface area contributed by atoms with E-state index in [-0.39, 0.29) is 11.9 Å². The van der Waals surface area contributed by atoms with E-state index in [1.54, 1.807) is 0 Å². The quantitative estimate of drug-likeness (QED) is 0.848. The van der Waals surface area contributed by atoms with Crippen LogP contribution in [0.2, 0.25) is 0 Å². The van der Waals surface area contributed by atoms with Crippen LogP contribution in [0.4, 0.5) is 0 Å². The van der Waals surface area contributed by atoms with Crippen molar-refractivity contribution < 1.29 is 4.79 Å². The highest BCUT2D eigenvalue weighted by molar-refractivity contribution is 5.78. The van der Waals surface area contributed by atoms with Gasteiger partial charge in [-0.3, -0.25) is 14.4 Å². The Labute approximate surface area is 143 Å². The van der Waals surface area contributed by atoms with Crippen LogP contribution in [0.25, 0.3) is 0 Å². The monoisotopic (exact) mass is 326 g/mol. The van der Waals surface area contributed by atoms with Gasteiger partial charge in [-0.2, -0.15) is 5.10 Å². The van der Waals surface area contributed by atoms with Crippen molar-refractivity contribution in [2.75, 3.05) is 20.1 Å². The standard InChI is InChI=1S/C19H26N4O/c1-15(16-8-5-4-6-9-16)22(3)19(24)14-23-11-7-10-18(23)17-12-20-21(2)13-17/h4-6,8-9,12-13,15,18H,7,10-11,14H2,1-3H3/t15-,18+/m1/s1. The van der Waals surface area contributed by atoms with Gasteiger partial charge in [0.1, 0.15) is 0 Å². The van der Waals surface area contributed by atoms with E-state index in [1.807, 2.05) is 48.1 Å². The second kappa shape index (κ2) is 7.18. The largest absolute Gasteiger partial charge is 0.338 e. The second-order valence-electron chi connectivity index (χ2n) is 6.67. The van der Waals surface area contributed by atoms with E-state index in [0.29, 0.717) is 12.6 Å². The highest BCUT2D eigenvalue weighted by Gasteiger charge is 2.30. The fourth-order valence-corrected chi connectivity index (χ4v) is 3.46. The predicted molar refractivity (Wildman–Crippen MR) is 94.4 cm³/mol. The van der Waals surface area contributed by atoms with Crippen molar-refractivity contribution in [3.05, 3.63) is 53.9 Å². The molecule has 128 valence electrons. The zero-order valence-corrected chi connectivity index (χ0v) is 14.7. The lowest BCUT2D eigenvalue weighted by atomic mass is 10.1. The summed E-state index contributed by atoms with van der Waals surface area (Å²) in [5, 5.41) is 4.27. The molecule has 0 bridgehead atoms. The Bertz CT molecular complexity index is 682. The Balaban J connectivity index is 1.65. The van der Waals surface area contributed by atoms with Crippen LogP contribution in [0.5, 0.6) is 0 Å². The van der Waals surface area contributed by atoms with Gasteiger partial charge in [-0.05, 0) is 31.9 Å². The molecule has 5 heteroatoms. The van der Waals surface area contributed by atoms with E-state index < -0.39 is 0 Å². The van der Waals surface area contributed by atoms with Crippen molar-refractivity contribution in [3.8, 4) is 0 Å². The van der Waals surface area contributed by atoms with Gasteiger partial charge in [0.05, 0.1) is 18.8 Å². The van der Waals surface area contributed by atoms with Gasteiger partial charge in [-0.1, -0.05) is 30.3 Å². The number of likely N-dealkylation sites (tertiary alicyclic amines) is 1. The lowest BCUT2D eigenvalue weighted by molar-refractivity contribution is -0.133. The fourth-order valence-electron chi connectivity index (χ4n) is 3.46. The topological polar surface area (TPSA) is 41.4 Å². The summed E-state index contributed by atoms with van der Waals surface area (Å²) in [5.74, 6) is 0.169. The highest BCUT2D eigenvalue weighted by atomic mass is 16.2. The molecular weight excluding hydrogens is 300 g/mol. The first-order valence-corrected chi connectivity index (χ1v) is 8.59. The number of carbonyl (C=O) groups is 1. The van der Waals surface area contributed by atoms with Crippen LogP contribution in [0.1, 0.15) is 43.0 Å². The van der Waals surface area contributed by atoms with E-state index in [2.05, 4.69) is 35.3 Å². The van der Waals surface area contributed by atoms with Crippen LogP contribution in [-0.2, 0) is 11.8 Å². The van der Waals surface area contributed by atoms with Gasteiger partial charge < -0.3 is 4.90 Å². The molecule has 0 unspecified atom stereocenters. The van der Waals surface area contributed by atoms with Gasteiger partial charge in [-0.25, -0.2) is 0 Å². The SMILES string of the molecule is C[C@H](c1ccccc1)N(C)C(=O)CN1CCC[C@H]1c1cnn(C)c1. The summed E-state index contributed by atoms with van der Waals surface area (Å²) < 4.78 is 1.83. The Hall–Kier alpha value is -2.14. The van der Waals surface area contributed by atoms with E-state index in [1.165, 1.54) is 11.1 Å². The molecule has 24 heavy (non-hydrogen) atoms. The van der Waals surface area contributed by atoms with Crippen molar-refractivity contribution in [1.29, 1.82) is 0 Å². The summed E-state index contributed by atoms with van der Waals surface area (Å²) in [7, 11) is 3.83. The Morgan fingerprint density at radius 1 is 1.38 bits per heavy atom. The smallest absolute Gasteiger partial charge is 0.237 e. The predicted octanol–water partition coefficient (Wildman–Crippen LogP) is 2.78. The third kappa shape index (κ3) is 3.51. The van der Waals surface area contributed by atoms with Gasteiger partial charge in [0, 0.05) is 31.9 Å². The van der Waals surface area contributed by atoms with Crippen LogP contribution in [-0.4, -0.2) is 45.6 Å². The maximum absolute atomic E-state index is 12.8. The molecule has 0 radical (unpaired) electrons. The average molecular weight is 326 g/mol. The van der Waals surface area contributed by atoms with Gasteiger partial charge in [0.2, 0.25) is 5.91 Å². The molecule has 2 aromatic rings. The summed E-state index contributed by atoms with van der Waals surface area (Å²) in [6.45, 7) is 3.52. The molecule has 0 aliphatic carbocycles. The molecule has 1 aromatic carbocycles. The summed E-state index contributed by atoms with van der Waals surface area (Å²) in [6, 6.07) is 10.6. The fraction of sp³-hybridized carbons (Fsp3) is 0.474. The van der Waals surface area contributed by atoms with Gasteiger partial charge in [-0.15, -0.1) is 0 Å². The zero-order chi connectivity index (χ0) is 17.1. The Morgan fingerprint density at radius 2 is 2.12 bits per heavy atom. The van der Waals surface area contributed by atoms with Crippen molar-refractivity contribution in [2.24, 2.45) is 7.05 Å². The summed E-state index contributed by atoms with van der Waals surface area (Å²) >= 11 is 0. The summed E-state index contributed by atoms with van der Waals surface area (Å²) in [6.07, 6.45) is 6.20. The van der Waals surface area contributed by atoms with Gasteiger partial charge in [0.15, 0.2) is 0 Å². The van der Waals surface area contributed by atoms with Crippen LogP contribution in [0.3, 0.4) is 0 Å². The number of rotatable bonds is 5. The molecule has 0 N–H and O–H groups in total. The molecular formula is C19H26N4O. The minimum Gasteiger partial charge on any atom is -0.338 e. The number of carbonyl (C=O) groups excluding carboxylic acids is 1. The molecule has 1 fully saturated rings. The molecule has 5 nitrogen and oxygen atoms in total. The molecule has 1 aliphatic heterocycles. The molecule has 1 aliphatic rings. The lowest BCUT2D eigenvalue weighted by Crippen LogP contribution is -2.39. The minimum atomic E-state index is 0.0816. The first-order valence-electron chi connectivity index (χ1n) is 8.59. The first-order chi connectivity index (χ1) is 11.6. The van der Waals surface area contributed by atoms with Crippen LogP contribution >= 0.6 is 0 Å². The zero-order valence-electron chi connectivity index (χ0n) is 14.7. The number of aryl methyl sites for hydroxylation is 1. The average Bonchev–Trinajstić information content (AvgIpc) is 3.22. The first kappa shape index (κ1) is 16.7. The van der Waals surface area contributed by atoms with Crippen LogP contribution in [0, 0.1) is 0 Å². The number of nitrogens with zero attached hydrogens (tertiary/aromatic N) is 4. The number of benzene rings is 1. The van der Waals surface area contributed by atoms with Crippen LogP contribution in [0.15, 0.2) is 42.7 Å². The Kier molecular flexibility index (Phi) is 5.00. The maximum Gasteiger partial charge on any atom is 0.237 e. The molecule has 0 saturated carbocycles. The normalized spacial score (nSPS) is 19.4. The third-order valence-electron chi connectivity index (χ3n) is 5.07. The van der Waals surface area contributed by atoms with E-state index in [4.69, 9.17) is 0 Å². The van der Waals surface area contributed by atoms with Gasteiger partial charge in [0.25, 0.3) is 0 Å². The van der Waals surface area contributed by atoms with Crippen molar-refractivity contribution in [3.63, 3.8) is 0 Å². The van der Waals surface area contributed by atoms with Crippen molar-refractivity contribution in [1.82, 2.24) is 19.6 Å².